The van der Waals surface area contributed by atoms with Gasteiger partial charge in [0.2, 0.25) is 0 Å². The topological polar surface area (TPSA) is 72.8 Å². The molecule has 344 valence electrons. The van der Waals surface area contributed by atoms with Gasteiger partial charge in [-0.05, 0) is 89.9 Å². The van der Waals surface area contributed by atoms with Crippen LogP contribution in [0.5, 0.6) is 0 Å². The van der Waals surface area contributed by atoms with Gasteiger partial charge >= 0.3 is 11.9 Å². The Balaban J connectivity index is 3.58. The number of hydrogen-bond donors (Lipinski definition) is 1. The van der Waals surface area contributed by atoms with Crippen LogP contribution < -0.4 is 0 Å². The first-order chi connectivity index (χ1) is 29.6. The van der Waals surface area contributed by atoms with Crippen molar-refractivity contribution < 1.29 is 24.2 Å². The summed E-state index contributed by atoms with van der Waals surface area (Å²) < 4.78 is 10.7. The number of allylic oxidation sites excluding steroid dienone is 14. The minimum absolute atomic E-state index is 0.0765. The Morgan fingerprint density at radius 3 is 1.10 bits per heavy atom. The monoisotopic (exact) mass is 835 g/mol. The Morgan fingerprint density at radius 1 is 0.400 bits per heavy atom. The zero-order valence-electron chi connectivity index (χ0n) is 39.2. The molecule has 0 saturated heterocycles. The van der Waals surface area contributed by atoms with Gasteiger partial charge in [-0.25, -0.2) is 0 Å². The minimum Gasteiger partial charge on any atom is -0.462 e. The third kappa shape index (κ3) is 47.8. The Bertz CT molecular complexity index is 1130. The zero-order valence-corrected chi connectivity index (χ0v) is 39.2. The number of rotatable bonds is 45. The van der Waals surface area contributed by atoms with E-state index in [1.54, 1.807) is 0 Å². The van der Waals surface area contributed by atoms with Crippen molar-refractivity contribution in [3.05, 3.63) is 85.1 Å². The maximum atomic E-state index is 12.3. The lowest BCUT2D eigenvalue weighted by molar-refractivity contribution is -0.161. The van der Waals surface area contributed by atoms with E-state index in [0.717, 1.165) is 83.5 Å². The molecular formula is C55H94O5. The quantitative estimate of drug-likeness (QED) is 0.0376. The number of aliphatic hydroxyl groups excluding tert-OH is 1. The highest BCUT2D eigenvalue weighted by Crippen LogP contribution is 2.14. The maximum absolute atomic E-state index is 12.3. The molecule has 0 bridgehead atoms. The summed E-state index contributed by atoms with van der Waals surface area (Å²) in [6, 6.07) is 0. The first-order valence-corrected chi connectivity index (χ1v) is 25.1. The summed E-state index contributed by atoms with van der Waals surface area (Å²) in [5.41, 5.74) is 0. The van der Waals surface area contributed by atoms with Gasteiger partial charge < -0.3 is 14.6 Å². The molecule has 0 aliphatic heterocycles. The average Bonchev–Trinajstić information content (AvgIpc) is 3.25. The Morgan fingerprint density at radius 2 is 0.717 bits per heavy atom. The molecule has 0 saturated carbocycles. The van der Waals surface area contributed by atoms with Crippen molar-refractivity contribution in [3.63, 3.8) is 0 Å². The molecule has 0 rings (SSSR count). The molecule has 0 aromatic heterocycles. The van der Waals surface area contributed by atoms with Crippen LogP contribution in [0.3, 0.4) is 0 Å². The van der Waals surface area contributed by atoms with Crippen molar-refractivity contribution in [1.29, 1.82) is 0 Å². The van der Waals surface area contributed by atoms with Crippen LogP contribution in [0.1, 0.15) is 232 Å². The summed E-state index contributed by atoms with van der Waals surface area (Å²) in [7, 11) is 0. The van der Waals surface area contributed by atoms with Gasteiger partial charge in [-0.3, -0.25) is 9.59 Å². The number of esters is 2. The van der Waals surface area contributed by atoms with Gasteiger partial charge in [-0.2, -0.15) is 0 Å². The fourth-order valence-electron chi connectivity index (χ4n) is 6.91. The first-order valence-electron chi connectivity index (χ1n) is 25.1. The fourth-order valence-corrected chi connectivity index (χ4v) is 6.91. The molecule has 0 aliphatic carbocycles. The molecule has 0 heterocycles. The van der Waals surface area contributed by atoms with Crippen molar-refractivity contribution in [3.8, 4) is 0 Å². The second kappa shape index (κ2) is 50.4. The zero-order chi connectivity index (χ0) is 43.5. The van der Waals surface area contributed by atoms with E-state index < -0.39 is 6.10 Å². The number of hydrogen-bond acceptors (Lipinski definition) is 5. The summed E-state index contributed by atoms with van der Waals surface area (Å²) in [6.07, 6.45) is 69.5. The predicted octanol–water partition coefficient (Wildman–Crippen LogP) is 16.6. The number of ether oxygens (including phenoxy) is 2. The lowest BCUT2D eigenvalue weighted by Crippen LogP contribution is -2.28. The smallest absolute Gasteiger partial charge is 0.306 e. The Kier molecular flexibility index (Phi) is 48.0. The molecule has 1 atom stereocenters. The molecule has 5 heteroatoms. The molecule has 0 fully saturated rings. The molecule has 0 aromatic rings. The average molecular weight is 835 g/mol. The van der Waals surface area contributed by atoms with Crippen molar-refractivity contribution in [1.82, 2.24) is 0 Å². The van der Waals surface area contributed by atoms with Crippen LogP contribution in [0.25, 0.3) is 0 Å². The molecular weight excluding hydrogens is 741 g/mol. The fraction of sp³-hybridized carbons (Fsp3) is 0.709. The van der Waals surface area contributed by atoms with E-state index in [-0.39, 0.29) is 25.2 Å². The van der Waals surface area contributed by atoms with Crippen molar-refractivity contribution in [2.24, 2.45) is 0 Å². The molecule has 0 aliphatic rings. The largest absolute Gasteiger partial charge is 0.462 e. The van der Waals surface area contributed by atoms with Gasteiger partial charge in [0.05, 0.1) is 6.61 Å². The van der Waals surface area contributed by atoms with E-state index in [1.165, 1.54) is 122 Å². The van der Waals surface area contributed by atoms with Crippen LogP contribution in [0.15, 0.2) is 85.1 Å². The van der Waals surface area contributed by atoms with Crippen LogP contribution in [-0.2, 0) is 19.1 Å². The van der Waals surface area contributed by atoms with Crippen molar-refractivity contribution in [2.45, 2.75) is 238 Å². The third-order valence-electron chi connectivity index (χ3n) is 10.7. The van der Waals surface area contributed by atoms with Gasteiger partial charge in [0, 0.05) is 12.8 Å². The SMILES string of the molecule is CC/C=C\C/C=C\C/C=C\C/C=C\C/C=C\C/C=C\CCCCCCCCC(=O)OC(CO)COC(=O)CCCCCCCCCCC/C=C\CCCCCCCCCC. The molecule has 5 nitrogen and oxygen atoms in total. The molecule has 0 aromatic carbocycles. The van der Waals surface area contributed by atoms with E-state index in [2.05, 4.69) is 98.9 Å². The minimum atomic E-state index is -0.786. The molecule has 60 heavy (non-hydrogen) atoms. The van der Waals surface area contributed by atoms with E-state index in [1.807, 2.05) is 0 Å². The number of carbonyl (C=O) groups is 2. The summed E-state index contributed by atoms with van der Waals surface area (Å²) in [4.78, 5) is 24.4. The van der Waals surface area contributed by atoms with Crippen LogP contribution in [0.2, 0.25) is 0 Å². The molecule has 0 amide bonds. The normalized spacial score (nSPS) is 12.9. The first kappa shape index (κ1) is 57.1. The number of carbonyl (C=O) groups excluding carboxylic acids is 2. The van der Waals surface area contributed by atoms with Crippen LogP contribution in [0.4, 0.5) is 0 Å². The lowest BCUT2D eigenvalue weighted by atomic mass is 10.1. The molecule has 0 radical (unpaired) electrons. The second-order valence-electron chi connectivity index (χ2n) is 16.5. The molecule has 1 unspecified atom stereocenters. The summed E-state index contributed by atoms with van der Waals surface area (Å²) in [5, 5.41) is 9.62. The van der Waals surface area contributed by atoms with Crippen molar-refractivity contribution in [2.75, 3.05) is 13.2 Å². The second-order valence-corrected chi connectivity index (χ2v) is 16.5. The van der Waals surface area contributed by atoms with Crippen LogP contribution >= 0.6 is 0 Å². The van der Waals surface area contributed by atoms with Gasteiger partial charge in [0.15, 0.2) is 6.10 Å². The van der Waals surface area contributed by atoms with Crippen molar-refractivity contribution >= 4 is 11.9 Å². The summed E-state index contributed by atoms with van der Waals surface area (Å²) in [6.45, 7) is 4.02. The van der Waals surface area contributed by atoms with E-state index in [4.69, 9.17) is 9.47 Å². The highest BCUT2D eigenvalue weighted by Gasteiger charge is 2.16. The standard InChI is InChI=1S/C55H94O5/c1-3-5-7-9-11-13-15-17-19-21-23-25-26-27-28-30-32-34-36-38-40-42-44-46-48-50-55(58)60-53(51-56)52-59-54(57)49-47-45-43-41-39-37-35-33-31-29-24-22-20-18-16-14-12-10-8-6-4-2/h5,7,11,13,17,19,22-25,27-28,32,34,53,56H,3-4,6,8-10,12,14-16,18,20-21,26,29-31,33,35-52H2,1-2H3/b7-5-,13-11-,19-17-,24-22-,25-23-,28-27-,34-32-. The summed E-state index contributed by atoms with van der Waals surface area (Å²) >= 11 is 0. The van der Waals surface area contributed by atoms with Crippen LogP contribution in [-0.4, -0.2) is 36.4 Å². The Labute approximate surface area is 371 Å². The number of aliphatic hydroxyl groups is 1. The molecule has 1 N–H and O–H groups in total. The van der Waals surface area contributed by atoms with E-state index in [9.17, 15) is 14.7 Å². The summed E-state index contributed by atoms with van der Waals surface area (Å²) in [5.74, 6) is -0.610. The molecule has 0 spiro atoms. The van der Waals surface area contributed by atoms with Crippen LogP contribution in [0, 0.1) is 0 Å². The highest BCUT2D eigenvalue weighted by atomic mass is 16.6. The third-order valence-corrected chi connectivity index (χ3v) is 10.7. The van der Waals surface area contributed by atoms with Gasteiger partial charge in [0.25, 0.3) is 0 Å². The van der Waals surface area contributed by atoms with Gasteiger partial charge in [-0.15, -0.1) is 0 Å². The lowest BCUT2D eigenvalue weighted by Gasteiger charge is -2.15. The maximum Gasteiger partial charge on any atom is 0.306 e. The number of unbranched alkanes of at least 4 members (excludes halogenated alkanes) is 23. The Hall–Kier alpha value is -2.92. The van der Waals surface area contributed by atoms with Gasteiger partial charge in [-0.1, -0.05) is 214 Å². The van der Waals surface area contributed by atoms with E-state index >= 15 is 0 Å². The highest BCUT2D eigenvalue weighted by molar-refractivity contribution is 5.70. The van der Waals surface area contributed by atoms with Gasteiger partial charge in [0.1, 0.15) is 6.61 Å². The predicted molar refractivity (Wildman–Crippen MR) is 260 cm³/mol. The van der Waals surface area contributed by atoms with E-state index in [0.29, 0.717) is 12.8 Å².